The molecule has 0 aromatic heterocycles. The van der Waals surface area contributed by atoms with Gasteiger partial charge in [0.2, 0.25) is 0 Å². The van der Waals surface area contributed by atoms with E-state index in [9.17, 15) is 9.50 Å². The highest BCUT2D eigenvalue weighted by atomic mass is 35.5. The van der Waals surface area contributed by atoms with Gasteiger partial charge in [0.05, 0.1) is 7.11 Å². The fourth-order valence-electron chi connectivity index (χ4n) is 4.68. The molecule has 4 aromatic rings. The van der Waals surface area contributed by atoms with Crippen molar-refractivity contribution in [2.45, 2.75) is 17.9 Å². The highest BCUT2D eigenvalue weighted by Crippen LogP contribution is 2.48. The topological polar surface area (TPSA) is 32.7 Å². The van der Waals surface area contributed by atoms with Crippen LogP contribution in [0.2, 0.25) is 5.02 Å². The average molecular weight is 496 g/mol. The van der Waals surface area contributed by atoms with Crippen LogP contribution in [0.4, 0.5) is 8.78 Å². The smallest absolute Gasteiger partial charge is 0.132 e. The molecular formula is C29H28ClF2NO2. The minimum Gasteiger partial charge on any atom is -0.496 e. The van der Waals surface area contributed by atoms with Crippen LogP contribution in [0.25, 0.3) is 10.8 Å². The molecule has 0 spiro atoms. The van der Waals surface area contributed by atoms with Crippen molar-refractivity contribution in [2.75, 3.05) is 27.7 Å². The zero-order chi connectivity index (χ0) is 25.2. The number of nitrogens with zero attached hydrogens (tertiary/aromatic N) is 1. The van der Waals surface area contributed by atoms with Gasteiger partial charge in [-0.2, -0.15) is 0 Å². The SMILES string of the molecule is COc1cc2ccccc2cc1[C@@H](c1ccc(Cl)cc1)[C@@](O)(CCN(C)C)c1ccc(F)cc1F. The first-order valence-electron chi connectivity index (χ1n) is 11.4. The van der Waals surface area contributed by atoms with Gasteiger partial charge in [0.25, 0.3) is 0 Å². The maximum absolute atomic E-state index is 15.3. The zero-order valence-corrected chi connectivity index (χ0v) is 20.7. The molecule has 182 valence electrons. The summed E-state index contributed by atoms with van der Waals surface area (Å²) in [6.45, 7) is 0.466. The highest BCUT2D eigenvalue weighted by molar-refractivity contribution is 6.30. The number of methoxy groups -OCH3 is 1. The summed E-state index contributed by atoms with van der Waals surface area (Å²) in [5.41, 5.74) is -0.284. The van der Waals surface area contributed by atoms with Gasteiger partial charge in [0.1, 0.15) is 23.0 Å². The number of fused-ring (bicyclic) bond motifs is 1. The molecule has 0 saturated carbocycles. The Bertz CT molecular complexity index is 1330. The molecule has 4 aromatic carbocycles. The van der Waals surface area contributed by atoms with Crippen LogP contribution in [0.15, 0.2) is 78.9 Å². The zero-order valence-electron chi connectivity index (χ0n) is 19.9. The third kappa shape index (κ3) is 5.18. The van der Waals surface area contributed by atoms with Crippen molar-refractivity contribution in [3.8, 4) is 5.75 Å². The van der Waals surface area contributed by atoms with Gasteiger partial charge in [0, 0.05) is 34.7 Å². The largest absolute Gasteiger partial charge is 0.496 e. The summed E-state index contributed by atoms with van der Waals surface area (Å²) in [6.07, 6.45) is 0.186. The minimum atomic E-state index is -1.73. The molecule has 0 aliphatic rings. The van der Waals surface area contributed by atoms with Crippen molar-refractivity contribution in [3.05, 3.63) is 112 Å². The Hall–Kier alpha value is -2.99. The lowest BCUT2D eigenvalue weighted by Gasteiger charge is -2.39. The van der Waals surface area contributed by atoms with E-state index < -0.39 is 23.2 Å². The van der Waals surface area contributed by atoms with Crippen molar-refractivity contribution >= 4 is 22.4 Å². The Morgan fingerprint density at radius 2 is 1.60 bits per heavy atom. The van der Waals surface area contributed by atoms with Crippen LogP contribution in [0.1, 0.15) is 29.0 Å². The van der Waals surface area contributed by atoms with Crippen LogP contribution in [0.5, 0.6) is 5.75 Å². The normalized spacial score (nSPS) is 14.2. The molecule has 0 aliphatic heterocycles. The van der Waals surface area contributed by atoms with Crippen LogP contribution in [-0.4, -0.2) is 37.8 Å². The first-order chi connectivity index (χ1) is 16.7. The number of hydrogen-bond donors (Lipinski definition) is 1. The molecule has 1 N–H and O–H groups in total. The van der Waals surface area contributed by atoms with E-state index in [0.29, 0.717) is 22.9 Å². The van der Waals surface area contributed by atoms with Crippen LogP contribution < -0.4 is 4.74 Å². The lowest BCUT2D eigenvalue weighted by Crippen LogP contribution is -2.38. The minimum absolute atomic E-state index is 0.0240. The molecule has 6 heteroatoms. The Kier molecular flexibility index (Phi) is 7.41. The van der Waals surface area contributed by atoms with Crippen molar-refractivity contribution in [2.24, 2.45) is 0 Å². The fourth-order valence-corrected chi connectivity index (χ4v) is 4.80. The molecule has 4 rings (SSSR count). The molecule has 0 radical (unpaired) electrons. The number of hydrogen-bond acceptors (Lipinski definition) is 3. The lowest BCUT2D eigenvalue weighted by atomic mass is 9.71. The number of benzene rings is 4. The van der Waals surface area contributed by atoms with E-state index in [2.05, 4.69) is 0 Å². The van der Waals surface area contributed by atoms with Crippen LogP contribution in [-0.2, 0) is 5.60 Å². The van der Waals surface area contributed by atoms with Gasteiger partial charge in [-0.1, -0.05) is 54.1 Å². The fraction of sp³-hybridized carbons (Fsp3) is 0.241. The number of rotatable bonds is 8. The second-order valence-corrected chi connectivity index (χ2v) is 9.46. The second kappa shape index (κ2) is 10.3. The molecule has 0 unspecified atom stereocenters. The molecule has 0 aliphatic carbocycles. The monoisotopic (exact) mass is 495 g/mol. The Morgan fingerprint density at radius 1 is 0.943 bits per heavy atom. The van der Waals surface area contributed by atoms with Gasteiger partial charge in [-0.25, -0.2) is 8.78 Å². The first kappa shape index (κ1) is 25.1. The summed E-state index contributed by atoms with van der Waals surface area (Å²) in [7, 11) is 5.34. The third-order valence-electron chi connectivity index (χ3n) is 6.43. The van der Waals surface area contributed by atoms with Crippen molar-refractivity contribution in [1.82, 2.24) is 4.90 Å². The third-order valence-corrected chi connectivity index (χ3v) is 6.68. The molecule has 3 nitrogen and oxygen atoms in total. The molecule has 0 amide bonds. The Labute approximate surface area is 209 Å². The quantitative estimate of drug-likeness (QED) is 0.293. The summed E-state index contributed by atoms with van der Waals surface area (Å²) >= 11 is 6.18. The van der Waals surface area contributed by atoms with Crippen molar-refractivity contribution < 1.29 is 18.6 Å². The van der Waals surface area contributed by atoms with Crippen molar-refractivity contribution in [1.29, 1.82) is 0 Å². The van der Waals surface area contributed by atoms with Crippen LogP contribution in [0.3, 0.4) is 0 Å². The molecule has 0 bridgehead atoms. The summed E-state index contributed by atoms with van der Waals surface area (Å²) in [6, 6.07) is 22.2. The standard InChI is InChI=1S/C29H28ClF2NO2/c1-33(2)15-14-29(34,25-13-12-23(31)18-26(25)32)28(19-8-10-22(30)11-9-19)24-16-20-6-4-5-7-21(20)17-27(24)35-3/h4-13,16-18,28,34H,14-15H2,1-3H3/t28-,29-/m1/s1. The Balaban J connectivity index is 2.04. The van der Waals surface area contributed by atoms with E-state index in [1.807, 2.05) is 67.5 Å². The summed E-state index contributed by atoms with van der Waals surface area (Å²) < 4.78 is 34.9. The second-order valence-electron chi connectivity index (χ2n) is 9.03. The average Bonchev–Trinajstić information content (AvgIpc) is 2.83. The van der Waals surface area contributed by atoms with Gasteiger partial charge in [0.15, 0.2) is 0 Å². The van der Waals surface area contributed by atoms with Crippen LogP contribution >= 0.6 is 11.6 Å². The van der Waals surface area contributed by atoms with Gasteiger partial charge < -0.3 is 14.7 Å². The number of aliphatic hydroxyl groups is 1. The number of ether oxygens (including phenoxy) is 1. The van der Waals surface area contributed by atoms with Gasteiger partial charge in [-0.3, -0.25) is 0 Å². The van der Waals surface area contributed by atoms with E-state index in [-0.39, 0.29) is 12.0 Å². The van der Waals surface area contributed by atoms with E-state index in [1.54, 1.807) is 19.2 Å². The van der Waals surface area contributed by atoms with Gasteiger partial charge in [-0.05, 0) is 67.2 Å². The molecule has 0 heterocycles. The summed E-state index contributed by atoms with van der Waals surface area (Å²) in [5.74, 6) is -1.67. The predicted octanol–water partition coefficient (Wildman–Crippen LogP) is 6.75. The number of halogens is 3. The summed E-state index contributed by atoms with van der Waals surface area (Å²) in [5, 5.41) is 14.9. The molecular weight excluding hydrogens is 468 g/mol. The lowest BCUT2D eigenvalue weighted by molar-refractivity contribution is 0.000696. The van der Waals surface area contributed by atoms with Crippen LogP contribution in [0, 0.1) is 11.6 Å². The molecule has 35 heavy (non-hydrogen) atoms. The van der Waals surface area contributed by atoms with E-state index in [1.165, 1.54) is 12.1 Å². The maximum atomic E-state index is 15.3. The summed E-state index contributed by atoms with van der Waals surface area (Å²) in [4.78, 5) is 1.92. The maximum Gasteiger partial charge on any atom is 0.132 e. The highest BCUT2D eigenvalue weighted by Gasteiger charge is 2.43. The molecule has 0 fully saturated rings. The van der Waals surface area contributed by atoms with E-state index in [0.717, 1.165) is 22.4 Å². The van der Waals surface area contributed by atoms with Gasteiger partial charge >= 0.3 is 0 Å². The van der Waals surface area contributed by atoms with Gasteiger partial charge in [-0.15, -0.1) is 0 Å². The van der Waals surface area contributed by atoms with Crippen molar-refractivity contribution in [3.63, 3.8) is 0 Å². The first-order valence-corrected chi connectivity index (χ1v) is 11.8. The van der Waals surface area contributed by atoms with E-state index >= 15 is 4.39 Å². The van der Waals surface area contributed by atoms with E-state index in [4.69, 9.17) is 16.3 Å². The Morgan fingerprint density at radius 3 is 2.20 bits per heavy atom. The molecule has 0 saturated heterocycles. The predicted molar refractivity (Wildman–Crippen MR) is 137 cm³/mol. The molecule has 2 atom stereocenters.